The highest BCUT2D eigenvalue weighted by Crippen LogP contribution is 2.31. The number of guanidine groups is 1. The number of carbonyl (C=O) groups excluding carboxylic acids is 1. The van der Waals surface area contributed by atoms with Crippen molar-refractivity contribution in [2.24, 2.45) is 4.99 Å². The number of methoxy groups -OCH3 is 1. The molecule has 0 radical (unpaired) electrons. The number of carbonyl (C=O) groups is 1. The van der Waals surface area contributed by atoms with Gasteiger partial charge in [-0.25, -0.2) is 0 Å². The molecule has 1 amide bonds. The first-order chi connectivity index (χ1) is 14.6. The van der Waals surface area contributed by atoms with Crippen molar-refractivity contribution in [2.45, 2.75) is 19.9 Å². The SMILES string of the molecule is CCNC(=NCCCN1C(=O)COc2ccccc21)N(C)Cc1ccc(OC)cc1.I. The van der Waals surface area contributed by atoms with Crippen molar-refractivity contribution >= 4 is 41.5 Å². The van der Waals surface area contributed by atoms with E-state index in [-0.39, 0.29) is 36.5 Å². The van der Waals surface area contributed by atoms with Crippen LogP contribution in [-0.4, -0.2) is 57.2 Å². The Morgan fingerprint density at radius 1 is 1.23 bits per heavy atom. The van der Waals surface area contributed by atoms with Crippen LogP contribution in [0, 0.1) is 0 Å². The fraction of sp³-hybridized carbons (Fsp3) is 0.391. The van der Waals surface area contributed by atoms with Crippen LogP contribution in [0.15, 0.2) is 53.5 Å². The number of amides is 1. The fourth-order valence-electron chi connectivity index (χ4n) is 3.36. The Morgan fingerprint density at radius 3 is 2.68 bits per heavy atom. The quantitative estimate of drug-likeness (QED) is 0.241. The van der Waals surface area contributed by atoms with Crippen LogP contribution in [-0.2, 0) is 11.3 Å². The topological polar surface area (TPSA) is 66.4 Å². The van der Waals surface area contributed by atoms with Gasteiger partial charge in [-0.1, -0.05) is 24.3 Å². The molecule has 31 heavy (non-hydrogen) atoms. The molecule has 0 spiro atoms. The van der Waals surface area contributed by atoms with Crippen LogP contribution in [0.2, 0.25) is 0 Å². The van der Waals surface area contributed by atoms with Crippen molar-refractivity contribution in [3.8, 4) is 11.5 Å². The molecule has 0 unspecified atom stereocenters. The molecule has 1 heterocycles. The maximum absolute atomic E-state index is 12.3. The molecule has 0 aliphatic carbocycles. The van der Waals surface area contributed by atoms with Crippen molar-refractivity contribution in [1.82, 2.24) is 10.2 Å². The van der Waals surface area contributed by atoms with Crippen molar-refractivity contribution in [2.75, 3.05) is 45.3 Å². The Labute approximate surface area is 201 Å². The first-order valence-corrected chi connectivity index (χ1v) is 10.3. The number of aliphatic imine (C=N–C) groups is 1. The summed E-state index contributed by atoms with van der Waals surface area (Å²) in [6.07, 6.45) is 0.769. The van der Waals surface area contributed by atoms with Gasteiger partial charge in [-0.2, -0.15) is 0 Å². The molecule has 2 aromatic carbocycles. The second kappa shape index (κ2) is 12.4. The largest absolute Gasteiger partial charge is 0.497 e. The number of ether oxygens (including phenoxy) is 2. The molecule has 0 fully saturated rings. The van der Waals surface area contributed by atoms with Crippen LogP contribution in [0.4, 0.5) is 5.69 Å². The highest BCUT2D eigenvalue weighted by Gasteiger charge is 2.24. The van der Waals surface area contributed by atoms with E-state index in [9.17, 15) is 4.79 Å². The van der Waals surface area contributed by atoms with Gasteiger partial charge in [0.15, 0.2) is 12.6 Å². The Morgan fingerprint density at radius 2 is 1.97 bits per heavy atom. The number of hydrogen-bond acceptors (Lipinski definition) is 4. The second-order valence-electron chi connectivity index (χ2n) is 7.10. The minimum Gasteiger partial charge on any atom is -0.497 e. The van der Waals surface area contributed by atoms with Gasteiger partial charge in [0.1, 0.15) is 11.5 Å². The lowest BCUT2D eigenvalue weighted by atomic mass is 10.2. The molecule has 3 rings (SSSR count). The highest BCUT2D eigenvalue weighted by molar-refractivity contribution is 14.0. The predicted molar refractivity (Wildman–Crippen MR) is 135 cm³/mol. The van der Waals surface area contributed by atoms with Crippen molar-refractivity contribution in [3.05, 3.63) is 54.1 Å². The molecule has 0 bridgehead atoms. The number of hydrogen-bond donors (Lipinski definition) is 1. The summed E-state index contributed by atoms with van der Waals surface area (Å²) in [5.74, 6) is 2.44. The summed E-state index contributed by atoms with van der Waals surface area (Å²) in [6, 6.07) is 15.7. The lowest BCUT2D eigenvalue weighted by molar-refractivity contribution is -0.121. The van der Waals surface area contributed by atoms with Gasteiger partial charge < -0.3 is 24.6 Å². The number of fused-ring (bicyclic) bond motifs is 1. The number of para-hydroxylation sites is 2. The number of nitrogens with zero attached hydrogens (tertiary/aromatic N) is 3. The van der Waals surface area contributed by atoms with E-state index in [2.05, 4.69) is 29.3 Å². The van der Waals surface area contributed by atoms with Crippen LogP contribution in [0.5, 0.6) is 11.5 Å². The third kappa shape index (κ3) is 6.75. The van der Waals surface area contributed by atoms with Gasteiger partial charge in [-0.15, -0.1) is 24.0 Å². The Kier molecular flexibility index (Phi) is 9.90. The van der Waals surface area contributed by atoms with E-state index in [4.69, 9.17) is 14.5 Å². The molecule has 0 saturated heterocycles. The van der Waals surface area contributed by atoms with Crippen molar-refractivity contribution in [1.29, 1.82) is 0 Å². The molecular formula is C23H31IN4O3. The van der Waals surface area contributed by atoms with Crippen LogP contribution in [0.3, 0.4) is 0 Å². The van der Waals surface area contributed by atoms with Crippen molar-refractivity contribution < 1.29 is 14.3 Å². The molecular weight excluding hydrogens is 507 g/mol. The number of anilines is 1. The molecule has 2 aromatic rings. The Bertz CT molecular complexity index is 873. The Balaban J connectivity index is 0.00000341. The minimum atomic E-state index is -0.0128. The van der Waals surface area contributed by atoms with Gasteiger partial charge in [-0.05, 0) is 43.2 Å². The molecule has 1 N–H and O–H groups in total. The summed E-state index contributed by atoms with van der Waals surface area (Å²) in [4.78, 5) is 20.9. The van der Waals surface area contributed by atoms with E-state index < -0.39 is 0 Å². The van der Waals surface area contributed by atoms with Crippen LogP contribution in [0.25, 0.3) is 0 Å². The zero-order valence-electron chi connectivity index (χ0n) is 18.3. The summed E-state index contributed by atoms with van der Waals surface area (Å²) in [5, 5.41) is 3.34. The smallest absolute Gasteiger partial charge is 0.265 e. The van der Waals surface area contributed by atoms with Crippen LogP contribution < -0.4 is 19.7 Å². The second-order valence-corrected chi connectivity index (χ2v) is 7.10. The third-order valence-electron chi connectivity index (χ3n) is 4.88. The summed E-state index contributed by atoms with van der Waals surface area (Å²) in [7, 11) is 3.69. The average Bonchev–Trinajstić information content (AvgIpc) is 2.77. The number of benzene rings is 2. The summed E-state index contributed by atoms with van der Waals surface area (Å²) >= 11 is 0. The molecule has 1 aliphatic rings. The van der Waals surface area contributed by atoms with Crippen LogP contribution in [0.1, 0.15) is 18.9 Å². The normalized spacial score (nSPS) is 13.1. The lowest BCUT2D eigenvalue weighted by Gasteiger charge is -2.29. The highest BCUT2D eigenvalue weighted by atomic mass is 127. The molecule has 0 saturated carbocycles. The molecule has 168 valence electrons. The molecule has 0 aromatic heterocycles. The van der Waals surface area contributed by atoms with Gasteiger partial charge in [0.05, 0.1) is 12.8 Å². The lowest BCUT2D eigenvalue weighted by Crippen LogP contribution is -2.40. The fourth-order valence-corrected chi connectivity index (χ4v) is 3.36. The first-order valence-electron chi connectivity index (χ1n) is 10.3. The Hall–Kier alpha value is -2.49. The first kappa shape index (κ1) is 24.8. The third-order valence-corrected chi connectivity index (χ3v) is 4.88. The van der Waals surface area contributed by atoms with Crippen LogP contribution >= 0.6 is 24.0 Å². The zero-order chi connectivity index (χ0) is 21.3. The molecule has 1 aliphatic heterocycles. The maximum atomic E-state index is 12.3. The predicted octanol–water partition coefficient (Wildman–Crippen LogP) is 3.53. The van der Waals surface area contributed by atoms with Gasteiger partial charge in [0.2, 0.25) is 0 Å². The zero-order valence-corrected chi connectivity index (χ0v) is 20.7. The standard InChI is InChI=1S/C23H30N4O3.HI/c1-4-24-23(26(2)16-18-10-12-19(29-3)13-11-18)25-14-7-15-27-20-8-5-6-9-21(20)30-17-22(27)28;/h5-6,8-13H,4,7,14-17H2,1-3H3,(H,24,25);1H. The van der Waals surface area contributed by atoms with E-state index in [0.717, 1.165) is 42.7 Å². The number of rotatable bonds is 8. The van der Waals surface area contributed by atoms with E-state index in [1.807, 2.05) is 43.4 Å². The summed E-state index contributed by atoms with van der Waals surface area (Å²) in [5.41, 5.74) is 2.01. The number of nitrogens with one attached hydrogen (secondary N) is 1. The molecule has 7 nitrogen and oxygen atoms in total. The van der Waals surface area contributed by atoms with E-state index >= 15 is 0 Å². The van der Waals surface area contributed by atoms with Gasteiger partial charge in [-0.3, -0.25) is 9.79 Å². The summed E-state index contributed by atoms with van der Waals surface area (Å²) < 4.78 is 10.7. The maximum Gasteiger partial charge on any atom is 0.265 e. The molecule has 8 heteroatoms. The van der Waals surface area contributed by atoms with Crippen molar-refractivity contribution in [3.63, 3.8) is 0 Å². The van der Waals surface area contributed by atoms with E-state index in [1.165, 1.54) is 5.56 Å². The monoisotopic (exact) mass is 538 g/mol. The minimum absolute atomic E-state index is 0. The van der Waals surface area contributed by atoms with E-state index in [0.29, 0.717) is 13.1 Å². The van der Waals surface area contributed by atoms with Gasteiger partial charge in [0, 0.05) is 33.2 Å². The average molecular weight is 538 g/mol. The van der Waals surface area contributed by atoms with Gasteiger partial charge in [0.25, 0.3) is 5.91 Å². The van der Waals surface area contributed by atoms with Gasteiger partial charge >= 0.3 is 0 Å². The molecule has 0 atom stereocenters. The number of halogens is 1. The van der Waals surface area contributed by atoms with E-state index in [1.54, 1.807) is 12.0 Å². The summed E-state index contributed by atoms with van der Waals surface area (Å²) in [6.45, 7) is 4.92.